The van der Waals surface area contributed by atoms with Gasteiger partial charge in [0, 0.05) is 25.7 Å². The van der Waals surface area contributed by atoms with Gasteiger partial charge in [-0.15, -0.1) is 12.4 Å². The molecule has 0 spiro atoms. The first-order chi connectivity index (χ1) is 10.4. The van der Waals surface area contributed by atoms with E-state index in [1.807, 2.05) is 26.2 Å². The maximum Gasteiger partial charge on any atom is 0.243 e. The Morgan fingerprint density at radius 2 is 1.83 bits per heavy atom. The average molecular weight is 360 g/mol. The molecule has 2 N–H and O–H groups in total. The van der Waals surface area contributed by atoms with Crippen LogP contribution in [0.5, 0.6) is 0 Å². The summed E-state index contributed by atoms with van der Waals surface area (Å²) in [5, 5.41) is 0. The Morgan fingerprint density at radius 3 is 2.39 bits per heavy atom. The van der Waals surface area contributed by atoms with Crippen LogP contribution >= 0.6 is 12.4 Å². The maximum atomic E-state index is 12.8. The molecular formula is C16H26ClN3O2S. The molecule has 0 bridgehead atoms. The zero-order valence-corrected chi connectivity index (χ0v) is 15.3. The van der Waals surface area contributed by atoms with Crippen LogP contribution in [0, 0.1) is 11.8 Å². The molecule has 2 fully saturated rings. The fourth-order valence-electron chi connectivity index (χ4n) is 3.74. The molecule has 0 amide bonds. The third-order valence-corrected chi connectivity index (χ3v) is 6.78. The van der Waals surface area contributed by atoms with E-state index in [9.17, 15) is 8.42 Å². The SMILES string of the molecule is CN(C)Cc1ccc(S(=O)(=O)N2CC3CCC(N)C3C2)cc1.Cl. The van der Waals surface area contributed by atoms with Crippen LogP contribution in [0.4, 0.5) is 0 Å². The molecule has 2 aliphatic rings. The van der Waals surface area contributed by atoms with E-state index in [1.54, 1.807) is 16.4 Å². The van der Waals surface area contributed by atoms with Gasteiger partial charge in [-0.2, -0.15) is 4.31 Å². The summed E-state index contributed by atoms with van der Waals surface area (Å²) in [5.41, 5.74) is 7.22. The number of rotatable bonds is 4. The molecule has 3 atom stereocenters. The van der Waals surface area contributed by atoms with E-state index >= 15 is 0 Å². The standard InChI is InChI=1S/C16H25N3O2S.ClH/c1-18(2)9-12-3-6-14(7-4-12)22(20,21)19-10-13-5-8-16(17)15(13)11-19;/h3-4,6-7,13,15-16H,5,8-11,17H2,1-2H3;1H. The second-order valence-corrected chi connectivity index (χ2v) is 8.81. The molecule has 23 heavy (non-hydrogen) atoms. The van der Waals surface area contributed by atoms with Crippen LogP contribution < -0.4 is 5.73 Å². The molecule has 3 unspecified atom stereocenters. The highest BCUT2D eigenvalue weighted by atomic mass is 35.5. The van der Waals surface area contributed by atoms with E-state index in [4.69, 9.17) is 5.73 Å². The lowest BCUT2D eigenvalue weighted by Gasteiger charge is -2.19. The normalized spacial score (nSPS) is 27.9. The molecule has 1 heterocycles. The van der Waals surface area contributed by atoms with Crippen LogP contribution in [0.2, 0.25) is 0 Å². The van der Waals surface area contributed by atoms with Crippen molar-refractivity contribution in [1.82, 2.24) is 9.21 Å². The second kappa shape index (κ2) is 7.07. The fraction of sp³-hybridized carbons (Fsp3) is 0.625. The van der Waals surface area contributed by atoms with Crippen molar-refractivity contribution in [2.45, 2.75) is 30.3 Å². The summed E-state index contributed by atoms with van der Waals surface area (Å²) in [5.74, 6) is 0.778. The van der Waals surface area contributed by atoms with Gasteiger partial charge in [0.25, 0.3) is 0 Å². The number of benzene rings is 1. The van der Waals surface area contributed by atoms with Crippen molar-refractivity contribution in [3.05, 3.63) is 29.8 Å². The van der Waals surface area contributed by atoms with Crippen LogP contribution in [0.15, 0.2) is 29.2 Å². The summed E-state index contributed by atoms with van der Waals surface area (Å²) in [6.07, 6.45) is 2.09. The summed E-state index contributed by atoms with van der Waals surface area (Å²) < 4.78 is 27.2. The van der Waals surface area contributed by atoms with Crippen molar-refractivity contribution in [2.75, 3.05) is 27.2 Å². The van der Waals surface area contributed by atoms with Crippen LogP contribution in [-0.2, 0) is 16.6 Å². The minimum Gasteiger partial charge on any atom is -0.327 e. The molecule has 130 valence electrons. The van der Waals surface area contributed by atoms with Crippen LogP contribution in [0.3, 0.4) is 0 Å². The zero-order chi connectivity index (χ0) is 15.9. The van der Waals surface area contributed by atoms with E-state index in [0.29, 0.717) is 29.8 Å². The highest BCUT2D eigenvalue weighted by Crippen LogP contribution is 2.39. The Morgan fingerprint density at radius 1 is 1.17 bits per heavy atom. The predicted octanol–water partition coefficient (Wildman–Crippen LogP) is 1.53. The van der Waals surface area contributed by atoms with Crippen LogP contribution in [0.1, 0.15) is 18.4 Å². The lowest BCUT2D eigenvalue weighted by atomic mass is 9.98. The Kier molecular flexibility index (Phi) is 5.74. The molecule has 1 aromatic carbocycles. The van der Waals surface area contributed by atoms with Gasteiger partial charge in [-0.05, 0) is 56.5 Å². The fourth-order valence-corrected chi connectivity index (χ4v) is 5.28. The Labute approximate surface area is 145 Å². The third kappa shape index (κ3) is 3.72. The van der Waals surface area contributed by atoms with Gasteiger partial charge in [0.05, 0.1) is 4.90 Å². The number of halogens is 1. The first kappa shape index (κ1) is 18.7. The number of hydrogen-bond acceptors (Lipinski definition) is 4. The number of nitrogens with two attached hydrogens (primary N) is 1. The molecule has 1 saturated carbocycles. The van der Waals surface area contributed by atoms with E-state index in [-0.39, 0.29) is 18.4 Å². The van der Waals surface area contributed by atoms with Crippen LogP contribution in [-0.4, -0.2) is 50.8 Å². The average Bonchev–Trinajstić information content (AvgIpc) is 3.02. The zero-order valence-electron chi connectivity index (χ0n) is 13.7. The van der Waals surface area contributed by atoms with Gasteiger partial charge in [-0.25, -0.2) is 8.42 Å². The lowest BCUT2D eigenvalue weighted by Crippen LogP contribution is -2.33. The summed E-state index contributed by atoms with van der Waals surface area (Å²) in [4.78, 5) is 2.45. The van der Waals surface area contributed by atoms with Crippen molar-refractivity contribution < 1.29 is 8.42 Å². The molecule has 1 aliphatic carbocycles. The van der Waals surface area contributed by atoms with Gasteiger partial charge in [0.2, 0.25) is 10.0 Å². The van der Waals surface area contributed by atoms with Crippen molar-refractivity contribution in [3.63, 3.8) is 0 Å². The van der Waals surface area contributed by atoms with Crippen LogP contribution in [0.25, 0.3) is 0 Å². The van der Waals surface area contributed by atoms with Gasteiger partial charge in [0.15, 0.2) is 0 Å². The topological polar surface area (TPSA) is 66.6 Å². The molecule has 0 aromatic heterocycles. The highest BCUT2D eigenvalue weighted by Gasteiger charge is 2.44. The number of hydrogen-bond donors (Lipinski definition) is 1. The first-order valence-corrected chi connectivity index (χ1v) is 9.31. The Balaban J connectivity index is 0.00000192. The predicted molar refractivity (Wildman–Crippen MR) is 94.0 cm³/mol. The third-order valence-electron chi connectivity index (χ3n) is 4.94. The minimum atomic E-state index is -3.39. The van der Waals surface area contributed by atoms with Crippen molar-refractivity contribution >= 4 is 22.4 Å². The molecule has 1 aromatic rings. The largest absolute Gasteiger partial charge is 0.327 e. The summed E-state index contributed by atoms with van der Waals surface area (Å²) in [6, 6.07) is 7.41. The van der Waals surface area contributed by atoms with Gasteiger partial charge in [-0.3, -0.25) is 0 Å². The van der Waals surface area contributed by atoms with Crippen molar-refractivity contribution in [2.24, 2.45) is 17.6 Å². The van der Waals surface area contributed by atoms with E-state index in [0.717, 1.165) is 24.9 Å². The molecular weight excluding hydrogens is 334 g/mol. The van der Waals surface area contributed by atoms with Crippen molar-refractivity contribution in [3.8, 4) is 0 Å². The quantitative estimate of drug-likeness (QED) is 0.885. The van der Waals surface area contributed by atoms with Gasteiger partial charge >= 0.3 is 0 Å². The number of sulfonamides is 1. The van der Waals surface area contributed by atoms with E-state index in [2.05, 4.69) is 4.90 Å². The summed E-state index contributed by atoms with van der Waals surface area (Å²) in [7, 11) is 0.609. The lowest BCUT2D eigenvalue weighted by molar-refractivity contribution is 0.402. The first-order valence-electron chi connectivity index (χ1n) is 7.87. The molecule has 0 radical (unpaired) electrons. The summed E-state index contributed by atoms with van der Waals surface area (Å²) >= 11 is 0. The molecule has 7 heteroatoms. The number of fused-ring (bicyclic) bond motifs is 1. The minimum absolute atomic E-state index is 0. The monoisotopic (exact) mass is 359 g/mol. The maximum absolute atomic E-state index is 12.8. The molecule has 1 aliphatic heterocycles. The summed E-state index contributed by atoms with van der Waals surface area (Å²) in [6.45, 7) is 2.01. The highest BCUT2D eigenvalue weighted by molar-refractivity contribution is 7.89. The molecule has 5 nitrogen and oxygen atoms in total. The molecule has 1 saturated heterocycles. The van der Waals surface area contributed by atoms with E-state index < -0.39 is 10.0 Å². The van der Waals surface area contributed by atoms with Crippen molar-refractivity contribution in [1.29, 1.82) is 0 Å². The Bertz CT molecular complexity index is 633. The van der Waals surface area contributed by atoms with Gasteiger partial charge in [0.1, 0.15) is 0 Å². The smallest absolute Gasteiger partial charge is 0.243 e. The van der Waals surface area contributed by atoms with Gasteiger partial charge < -0.3 is 10.6 Å². The van der Waals surface area contributed by atoms with Gasteiger partial charge in [-0.1, -0.05) is 12.1 Å². The second-order valence-electron chi connectivity index (χ2n) is 6.87. The Hall–Kier alpha value is -0.660. The number of nitrogens with zero attached hydrogens (tertiary/aromatic N) is 2. The van der Waals surface area contributed by atoms with E-state index in [1.165, 1.54) is 0 Å². The molecule has 3 rings (SSSR count).